The molecule has 0 saturated carbocycles. The molecule has 0 unspecified atom stereocenters. The number of aryl methyl sites for hydroxylation is 2. The number of hydrogen-bond donors (Lipinski definition) is 2. The summed E-state index contributed by atoms with van der Waals surface area (Å²) < 4.78 is 0. The minimum atomic E-state index is 0.158. The molecular formula is C26H28N4. The lowest BCUT2D eigenvalue weighted by molar-refractivity contribution is 0.529. The Morgan fingerprint density at radius 3 is 2.13 bits per heavy atom. The quantitative estimate of drug-likeness (QED) is 0.415. The molecule has 4 aromatic rings. The van der Waals surface area contributed by atoms with Gasteiger partial charge < -0.3 is 10.6 Å². The van der Waals surface area contributed by atoms with Crippen LogP contribution in [0.15, 0.2) is 73.1 Å². The molecule has 0 bridgehead atoms. The van der Waals surface area contributed by atoms with Crippen molar-refractivity contribution in [2.24, 2.45) is 0 Å². The van der Waals surface area contributed by atoms with Crippen LogP contribution < -0.4 is 10.6 Å². The Hall–Kier alpha value is -3.24. The largest absolute Gasteiger partial charge is 0.340 e. The summed E-state index contributed by atoms with van der Waals surface area (Å²) in [6.45, 7) is 8.58. The van der Waals surface area contributed by atoms with E-state index in [0.717, 1.165) is 22.4 Å². The van der Waals surface area contributed by atoms with E-state index in [9.17, 15) is 0 Å². The van der Waals surface area contributed by atoms with Crippen molar-refractivity contribution in [1.82, 2.24) is 15.3 Å². The van der Waals surface area contributed by atoms with Crippen LogP contribution in [0, 0.1) is 13.8 Å². The van der Waals surface area contributed by atoms with E-state index in [4.69, 9.17) is 0 Å². The predicted octanol–water partition coefficient (Wildman–Crippen LogP) is 6.08. The normalized spacial score (nSPS) is 12.3. The number of anilines is 2. The Balaban J connectivity index is 1.62. The van der Waals surface area contributed by atoms with E-state index in [0.29, 0.717) is 6.04 Å². The van der Waals surface area contributed by atoms with Gasteiger partial charge in [0.05, 0.1) is 11.6 Å². The van der Waals surface area contributed by atoms with Gasteiger partial charge in [-0.05, 0) is 74.2 Å². The standard InChI is InChI=1S/C26H28N4/c1-17(2)29-25(20-8-6-5-7-9-20)21-10-12-22(13-11-21)30-26-23-14-18(3)19(4)15-24(23)27-16-28-26/h5-17,25,29H,1-4H3,(H,27,28,30)/t25-/m1/s1. The third-order valence-corrected chi connectivity index (χ3v) is 5.39. The van der Waals surface area contributed by atoms with Crippen LogP contribution in [0.25, 0.3) is 10.9 Å². The highest BCUT2D eigenvalue weighted by Gasteiger charge is 2.15. The number of nitrogens with zero attached hydrogens (tertiary/aromatic N) is 2. The van der Waals surface area contributed by atoms with Gasteiger partial charge in [-0.3, -0.25) is 0 Å². The smallest absolute Gasteiger partial charge is 0.141 e. The highest BCUT2D eigenvalue weighted by atomic mass is 15.0. The lowest BCUT2D eigenvalue weighted by Gasteiger charge is -2.22. The molecule has 2 N–H and O–H groups in total. The van der Waals surface area contributed by atoms with Crippen molar-refractivity contribution in [3.05, 3.63) is 95.3 Å². The molecule has 0 spiro atoms. The molecule has 0 radical (unpaired) electrons. The zero-order valence-electron chi connectivity index (χ0n) is 18.0. The van der Waals surface area contributed by atoms with Gasteiger partial charge in [0.15, 0.2) is 0 Å². The first-order chi connectivity index (χ1) is 14.5. The second-order valence-corrected chi connectivity index (χ2v) is 8.09. The van der Waals surface area contributed by atoms with Crippen molar-refractivity contribution in [3.63, 3.8) is 0 Å². The molecule has 0 saturated heterocycles. The van der Waals surface area contributed by atoms with Crippen LogP contribution in [0.1, 0.15) is 42.1 Å². The molecule has 0 fully saturated rings. The summed E-state index contributed by atoms with van der Waals surface area (Å²) >= 11 is 0. The summed E-state index contributed by atoms with van der Waals surface area (Å²) in [4.78, 5) is 8.91. The van der Waals surface area contributed by atoms with Gasteiger partial charge in [-0.1, -0.05) is 42.5 Å². The summed E-state index contributed by atoms with van der Waals surface area (Å²) in [6, 6.07) is 24.0. The van der Waals surface area contributed by atoms with Crippen molar-refractivity contribution in [1.29, 1.82) is 0 Å². The summed E-state index contributed by atoms with van der Waals surface area (Å²) in [5.41, 5.74) is 6.94. The first-order valence-corrected chi connectivity index (χ1v) is 10.4. The lowest BCUT2D eigenvalue weighted by Crippen LogP contribution is -2.28. The molecule has 4 heteroatoms. The SMILES string of the molecule is Cc1cc2ncnc(Nc3ccc([C@H](NC(C)C)c4ccccc4)cc3)c2cc1C. The second-order valence-electron chi connectivity index (χ2n) is 8.09. The van der Waals surface area contributed by atoms with Crippen LogP contribution in [0.2, 0.25) is 0 Å². The molecule has 1 atom stereocenters. The molecule has 1 aromatic heterocycles. The van der Waals surface area contributed by atoms with Crippen LogP contribution >= 0.6 is 0 Å². The van der Waals surface area contributed by atoms with Crippen LogP contribution in [0.5, 0.6) is 0 Å². The minimum absolute atomic E-state index is 0.158. The fourth-order valence-corrected chi connectivity index (χ4v) is 3.67. The topological polar surface area (TPSA) is 49.8 Å². The highest BCUT2D eigenvalue weighted by molar-refractivity contribution is 5.91. The minimum Gasteiger partial charge on any atom is -0.340 e. The monoisotopic (exact) mass is 396 g/mol. The molecule has 0 aliphatic heterocycles. The molecule has 4 nitrogen and oxygen atoms in total. The van der Waals surface area contributed by atoms with Crippen molar-refractivity contribution in [2.75, 3.05) is 5.32 Å². The van der Waals surface area contributed by atoms with Crippen LogP contribution in [0.4, 0.5) is 11.5 Å². The van der Waals surface area contributed by atoms with Crippen LogP contribution in [-0.4, -0.2) is 16.0 Å². The Kier molecular flexibility index (Phi) is 5.77. The Morgan fingerprint density at radius 2 is 1.43 bits per heavy atom. The second kappa shape index (κ2) is 8.64. The van der Waals surface area contributed by atoms with E-state index in [-0.39, 0.29) is 6.04 Å². The molecule has 3 aromatic carbocycles. The average Bonchev–Trinajstić information content (AvgIpc) is 2.75. The van der Waals surface area contributed by atoms with Crippen molar-refractivity contribution in [3.8, 4) is 0 Å². The molecule has 4 rings (SSSR count). The van der Waals surface area contributed by atoms with Gasteiger partial charge in [-0.2, -0.15) is 0 Å². The number of benzene rings is 3. The Bertz CT molecular complexity index is 1140. The summed E-state index contributed by atoms with van der Waals surface area (Å²) in [7, 11) is 0. The van der Waals surface area contributed by atoms with Crippen LogP contribution in [0.3, 0.4) is 0 Å². The van der Waals surface area contributed by atoms with Gasteiger partial charge in [0.1, 0.15) is 12.1 Å². The fourth-order valence-electron chi connectivity index (χ4n) is 3.67. The highest BCUT2D eigenvalue weighted by Crippen LogP contribution is 2.28. The summed E-state index contributed by atoms with van der Waals surface area (Å²) in [6.07, 6.45) is 1.62. The maximum atomic E-state index is 4.48. The van der Waals surface area contributed by atoms with E-state index >= 15 is 0 Å². The average molecular weight is 397 g/mol. The van der Waals surface area contributed by atoms with Gasteiger partial charge in [0, 0.05) is 17.1 Å². The third kappa shape index (κ3) is 4.34. The Labute approximate surface area is 178 Å². The van der Waals surface area contributed by atoms with Gasteiger partial charge >= 0.3 is 0 Å². The third-order valence-electron chi connectivity index (χ3n) is 5.39. The van der Waals surface area contributed by atoms with Crippen molar-refractivity contribution < 1.29 is 0 Å². The zero-order valence-corrected chi connectivity index (χ0v) is 18.0. The van der Waals surface area contributed by atoms with E-state index in [2.05, 4.69) is 115 Å². The molecule has 0 aliphatic carbocycles. The first kappa shape index (κ1) is 20.0. The van der Waals surface area contributed by atoms with Crippen LogP contribution in [-0.2, 0) is 0 Å². The predicted molar refractivity (Wildman–Crippen MR) is 125 cm³/mol. The number of nitrogens with one attached hydrogen (secondary N) is 2. The first-order valence-electron chi connectivity index (χ1n) is 10.4. The molecule has 30 heavy (non-hydrogen) atoms. The fraction of sp³-hybridized carbons (Fsp3) is 0.231. The van der Waals surface area contributed by atoms with Gasteiger partial charge in [-0.15, -0.1) is 0 Å². The number of rotatable bonds is 6. The maximum absolute atomic E-state index is 4.48. The molecule has 0 aliphatic rings. The van der Waals surface area contributed by atoms with Gasteiger partial charge in [0.2, 0.25) is 0 Å². The summed E-state index contributed by atoms with van der Waals surface area (Å²) in [5.74, 6) is 0.829. The zero-order chi connectivity index (χ0) is 21.1. The lowest BCUT2D eigenvalue weighted by atomic mass is 9.97. The summed E-state index contributed by atoms with van der Waals surface area (Å²) in [5, 5.41) is 8.18. The maximum Gasteiger partial charge on any atom is 0.141 e. The van der Waals surface area contributed by atoms with Crippen molar-refractivity contribution in [2.45, 2.75) is 39.8 Å². The van der Waals surface area contributed by atoms with E-state index in [1.165, 1.54) is 22.3 Å². The van der Waals surface area contributed by atoms with Gasteiger partial charge in [-0.25, -0.2) is 9.97 Å². The van der Waals surface area contributed by atoms with E-state index in [1.54, 1.807) is 6.33 Å². The number of fused-ring (bicyclic) bond motifs is 1. The van der Waals surface area contributed by atoms with E-state index < -0.39 is 0 Å². The van der Waals surface area contributed by atoms with Crippen molar-refractivity contribution >= 4 is 22.4 Å². The molecular weight excluding hydrogens is 368 g/mol. The molecule has 1 heterocycles. The van der Waals surface area contributed by atoms with Gasteiger partial charge in [0.25, 0.3) is 0 Å². The molecule has 152 valence electrons. The number of hydrogen-bond acceptors (Lipinski definition) is 4. The number of aromatic nitrogens is 2. The van der Waals surface area contributed by atoms with E-state index in [1.807, 2.05) is 0 Å². The molecule has 0 amide bonds. The Morgan fingerprint density at radius 1 is 0.767 bits per heavy atom.